The summed E-state index contributed by atoms with van der Waals surface area (Å²) < 4.78 is 21.1. The highest BCUT2D eigenvalue weighted by Crippen LogP contribution is 2.45. The second kappa shape index (κ2) is 8.30. The zero-order valence-electron chi connectivity index (χ0n) is 17.6. The second-order valence-electron chi connectivity index (χ2n) is 8.71. The minimum atomic E-state index is -0.208. The van der Waals surface area contributed by atoms with E-state index in [1.54, 1.807) is 12.3 Å². The van der Waals surface area contributed by atoms with E-state index in [9.17, 15) is 4.39 Å². The van der Waals surface area contributed by atoms with Crippen molar-refractivity contribution in [3.8, 4) is 0 Å². The molecule has 2 saturated heterocycles. The van der Waals surface area contributed by atoms with Gasteiger partial charge in [0.05, 0.1) is 12.7 Å². The summed E-state index contributed by atoms with van der Waals surface area (Å²) in [7, 11) is 2.16. The van der Waals surface area contributed by atoms with Crippen LogP contribution in [0.1, 0.15) is 17.5 Å². The molecule has 1 atom stereocenters. The van der Waals surface area contributed by atoms with Crippen molar-refractivity contribution in [2.75, 3.05) is 36.9 Å². The Labute approximate surface area is 186 Å². The molecule has 2 aliphatic rings. The lowest BCUT2D eigenvalue weighted by Gasteiger charge is -2.45. The highest BCUT2D eigenvalue weighted by molar-refractivity contribution is 8.01. The molecule has 7 heteroatoms. The van der Waals surface area contributed by atoms with Crippen LogP contribution in [0.25, 0.3) is 10.8 Å². The number of aromatic nitrogens is 1. The third kappa shape index (κ3) is 4.35. The second-order valence-corrected chi connectivity index (χ2v) is 10.2. The van der Waals surface area contributed by atoms with Crippen LogP contribution in [0.3, 0.4) is 0 Å². The van der Waals surface area contributed by atoms with Gasteiger partial charge in [0.15, 0.2) is 0 Å². The van der Waals surface area contributed by atoms with Crippen molar-refractivity contribution in [1.82, 2.24) is 9.88 Å². The van der Waals surface area contributed by atoms with E-state index in [0.29, 0.717) is 29.3 Å². The number of thioether (sulfide) groups is 1. The number of halogens is 1. The van der Waals surface area contributed by atoms with Crippen LogP contribution in [-0.4, -0.2) is 46.6 Å². The molecule has 0 aliphatic carbocycles. The molecule has 1 aromatic heterocycles. The fourth-order valence-corrected chi connectivity index (χ4v) is 6.29. The number of nitrogens with zero attached hydrogens (tertiary/aromatic N) is 2. The molecule has 0 amide bonds. The highest BCUT2D eigenvalue weighted by Gasteiger charge is 2.47. The number of nitrogens with one attached hydrogen (secondary N) is 1. The van der Waals surface area contributed by atoms with Gasteiger partial charge >= 0.3 is 0 Å². The molecule has 2 aromatic carbocycles. The van der Waals surface area contributed by atoms with Gasteiger partial charge in [-0.1, -0.05) is 12.1 Å². The first-order chi connectivity index (χ1) is 15.0. The van der Waals surface area contributed by atoms with Crippen LogP contribution < -0.4 is 11.1 Å². The maximum Gasteiger partial charge on any atom is 0.131 e. The van der Waals surface area contributed by atoms with Gasteiger partial charge in [0.1, 0.15) is 11.6 Å². The number of pyridine rings is 1. The van der Waals surface area contributed by atoms with Gasteiger partial charge in [-0.25, -0.2) is 9.37 Å². The molecule has 0 bridgehead atoms. The van der Waals surface area contributed by atoms with Crippen molar-refractivity contribution in [2.45, 2.75) is 30.4 Å². The first-order valence-electron chi connectivity index (χ1n) is 10.6. The Balaban J connectivity index is 1.16. The Morgan fingerprint density at radius 1 is 1.26 bits per heavy atom. The lowest BCUT2D eigenvalue weighted by atomic mass is 9.94. The van der Waals surface area contributed by atoms with Gasteiger partial charge in [0.2, 0.25) is 0 Å². The standard InChI is InChI=1S/C24H27FN4OS/c1-29-14-24(15-29)10-20(13-31-24)30-12-16-2-3-18(22(25)8-16)11-28-19-4-5-21-17(9-19)6-7-27-23(21)26/h2-9,20,28H,10-15H2,1H3,(H2,26,27). The van der Waals surface area contributed by atoms with Gasteiger partial charge in [-0.3, -0.25) is 0 Å². The minimum absolute atomic E-state index is 0.208. The van der Waals surface area contributed by atoms with Crippen molar-refractivity contribution in [1.29, 1.82) is 0 Å². The maximum absolute atomic E-state index is 14.7. The zero-order chi connectivity index (χ0) is 21.4. The fraction of sp³-hybridized carbons (Fsp3) is 0.375. The normalized spacial score (nSPS) is 20.3. The van der Waals surface area contributed by atoms with Crippen LogP contribution >= 0.6 is 11.8 Å². The summed E-state index contributed by atoms with van der Waals surface area (Å²) >= 11 is 2.03. The van der Waals surface area contributed by atoms with Crippen LogP contribution in [0, 0.1) is 5.82 Å². The molecule has 5 rings (SSSR count). The Bertz CT molecular complexity index is 1100. The predicted molar refractivity (Wildman–Crippen MR) is 126 cm³/mol. The monoisotopic (exact) mass is 438 g/mol. The topological polar surface area (TPSA) is 63.4 Å². The SMILES string of the molecule is CN1CC2(CC(OCc3ccc(CNc4ccc5c(N)nccc5c4)c(F)c3)CS2)C1. The van der Waals surface area contributed by atoms with Crippen LogP contribution in [-0.2, 0) is 17.9 Å². The summed E-state index contributed by atoms with van der Waals surface area (Å²) in [5, 5.41) is 5.22. The Hall–Kier alpha value is -2.35. The molecule has 3 heterocycles. The number of nitrogens with two attached hydrogens (primary N) is 1. The highest BCUT2D eigenvalue weighted by atomic mass is 32.2. The number of anilines is 2. The van der Waals surface area contributed by atoms with E-state index in [4.69, 9.17) is 10.5 Å². The molecule has 31 heavy (non-hydrogen) atoms. The van der Waals surface area contributed by atoms with Crippen molar-refractivity contribution < 1.29 is 9.13 Å². The summed E-state index contributed by atoms with van der Waals surface area (Å²) in [5.74, 6) is 1.34. The van der Waals surface area contributed by atoms with Crippen LogP contribution in [0.4, 0.5) is 15.9 Å². The van der Waals surface area contributed by atoms with Crippen molar-refractivity contribution in [3.05, 3.63) is 65.6 Å². The van der Waals surface area contributed by atoms with Gasteiger partial charge in [0.25, 0.3) is 0 Å². The molecule has 3 aromatic rings. The summed E-state index contributed by atoms with van der Waals surface area (Å²) in [6.07, 6.45) is 3.05. The number of benzene rings is 2. The molecule has 5 nitrogen and oxygen atoms in total. The van der Waals surface area contributed by atoms with E-state index in [1.807, 2.05) is 48.2 Å². The molecule has 1 spiro atoms. The fourth-order valence-electron chi connectivity index (χ4n) is 4.61. The molecular formula is C24H27FN4OS. The Morgan fingerprint density at radius 2 is 2.13 bits per heavy atom. The van der Waals surface area contributed by atoms with Gasteiger partial charge in [0, 0.05) is 53.0 Å². The van der Waals surface area contributed by atoms with Gasteiger partial charge < -0.3 is 20.7 Å². The first-order valence-corrected chi connectivity index (χ1v) is 11.6. The number of hydrogen-bond donors (Lipinski definition) is 2. The minimum Gasteiger partial charge on any atom is -0.383 e. The largest absolute Gasteiger partial charge is 0.383 e. The van der Waals surface area contributed by atoms with E-state index < -0.39 is 0 Å². The molecule has 0 saturated carbocycles. The average molecular weight is 439 g/mol. The van der Waals surface area contributed by atoms with Crippen LogP contribution in [0.2, 0.25) is 0 Å². The first kappa shape index (κ1) is 20.5. The van der Waals surface area contributed by atoms with Crippen molar-refractivity contribution >= 4 is 34.0 Å². The van der Waals surface area contributed by atoms with E-state index in [2.05, 4.69) is 22.2 Å². The number of rotatable bonds is 6. The lowest BCUT2D eigenvalue weighted by molar-refractivity contribution is 0.0331. The predicted octanol–water partition coefficient (Wildman–Crippen LogP) is 4.27. The van der Waals surface area contributed by atoms with E-state index in [1.165, 1.54) is 0 Å². The van der Waals surface area contributed by atoms with Crippen LogP contribution in [0.5, 0.6) is 0 Å². The quantitative estimate of drug-likeness (QED) is 0.599. The molecule has 2 aliphatic heterocycles. The summed E-state index contributed by atoms with van der Waals surface area (Å²) in [5.41, 5.74) is 8.33. The summed E-state index contributed by atoms with van der Waals surface area (Å²) in [6.45, 7) is 3.17. The van der Waals surface area contributed by atoms with E-state index in [-0.39, 0.29) is 11.9 Å². The molecule has 0 radical (unpaired) electrons. The third-order valence-corrected chi connectivity index (χ3v) is 7.75. The van der Waals surface area contributed by atoms with Crippen molar-refractivity contribution in [3.63, 3.8) is 0 Å². The van der Waals surface area contributed by atoms with Crippen LogP contribution in [0.15, 0.2) is 48.7 Å². The number of fused-ring (bicyclic) bond motifs is 1. The summed E-state index contributed by atoms with van der Waals surface area (Å²) in [6, 6.07) is 13.2. The molecule has 3 N–H and O–H groups in total. The van der Waals surface area contributed by atoms with E-state index in [0.717, 1.165) is 47.3 Å². The Kier molecular flexibility index (Phi) is 5.50. The lowest BCUT2D eigenvalue weighted by Crippen LogP contribution is -2.56. The zero-order valence-corrected chi connectivity index (χ0v) is 18.4. The van der Waals surface area contributed by atoms with Gasteiger partial charge in [-0.2, -0.15) is 0 Å². The molecule has 162 valence electrons. The molecule has 1 unspecified atom stereocenters. The van der Waals surface area contributed by atoms with Crippen molar-refractivity contribution in [2.24, 2.45) is 0 Å². The number of ether oxygens (including phenoxy) is 1. The average Bonchev–Trinajstić information content (AvgIpc) is 3.15. The molecule has 2 fully saturated rings. The van der Waals surface area contributed by atoms with E-state index >= 15 is 0 Å². The number of likely N-dealkylation sites (tertiary alicyclic amines) is 1. The third-order valence-electron chi connectivity index (χ3n) is 6.17. The number of hydrogen-bond acceptors (Lipinski definition) is 6. The Morgan fingerprint density at radius 3 is 2.94 bits per heavy atom. The smallest absolute Gasteiger partial charge is 0.131 e. The maximum atomic E-state index is 14.7. The summed E-state index contributed by atoms with van der Waals surface area (Å²) in [4.78, 5) is 6.45. The molecular weight excluding hydrogens is 411 g/mol. The van der Waals surface area contributed by atoms with Gasteiger partial charge in [-0.05, 0) is 54.8 Å². The van der Waals surface area contributed by atoms with Gasteiger partial charge in [-0.15, -0.1) is 11.8 Å². The number of nitrogen functional groups attached to an aromatic ring is 1.